The van der Waals surface area contributed by atoms with Crippen molar-refractivity contribution in [1.29, 1.82) is 0 Å². The van der Waals surface area contributed by atoms with Crippen LogP contribution in [0.3, 0.4) is 0 Å². The Balaban J connectivity index is 1.70. The van der Waals surface area contributed by atoms with Crippen LogP contribution in [0.1, 0.15) is 5.76 Å². The Morgan fingerprint density at radius 3 is 2.76 bits per heavy atom. The van der Waals surface area contributed by atoms with Crippen LogP contribution in [0.5, 0.6) is 0 Å². The molecule has 0 spiro atoms. The Bertz CT molecular complexity index is 937. The minimum absolute atomic E-state index is 0.312. The number of amides is 1. The van der Waals surface area contributed by atoms with E-state index >= 15 is 0 Å². The van der Waals surface area contributed by atoms with Crippen LogP contribution in [0.4, 0.5) is 5.82 Å². The number of hydrogen-bond donors (Lipinski definition) is 1. The van der Waals surface area contributed by atoms with Gasteiger partial charge in [-0.25, -0.2) is 4.98 Å². The first-order chi connectivity index (χ1) is 12.0. The lowest BCUT2D eigenvalue weighted by atomic mass is 10.2. The van der Waals surface area contributed by atoms with Gasteiger partial charge in [-0.2, -0.15) is 0 Å². The number of nitrogens with zero attached hydrogens (tertiary/aromatic N) is 1. The predicted octanol–water partition coefficient (Wildman–Crippen LogP) is 6.06. The van der Waals surface area contributed by atoms with Gasteiger partial charge >= 0.3 is 0 Å². The molecule has 0 bridgehead atoms. The molecule has 0 atom stereocenters. The van der Waals surface area contributed by atoms with Crippen LogP contribution >= 0.6 is 39.1 Å². The first-order valence-corrected chi connectivity index (χ1v) is 8.72. The Hall–Kier alpha value is -2.08. The molecule has 2 aromatic heterocycles. The highest BCUT2D eigenvalue weighted by molar-refractivity contribution is 9.10. The maximum absolute atomic E-state index is 11.9. The summed E-state index contributed by atoms with van der Waals surface area (Å²) in [4.78, 5) is 16.0. The van der Waals surface area contributed by atoms with E-state index in [0.29, 0.717) is 32.9 Å². The van der Waals surface area contributed by atoms with Crippen molar-refractivity contribution in [1.82, 2.24) is 4.98 Å². The average Bonchev–Trinajstić information content (AvgIpc) is 3.06. The second kappa shape index (κ2) is 7.87. The summed E-state index contributed by atoms with van der Waals surface area (Å²) in [6.07, 6.45) is 4.54. The van der Waals surface area contributed by atoms with Crippen LogP contribution in [-0.4, -0.2) is 10.9 Å². The van der Waals surface area contributed by atoms with Crippen molar-refractivity contribution in [3.63, 3.8) is 0 Å². The van der Waals surface area contributed by atoms with Crippen LogP contribution in [0, 0.1) is 0 Å². The molecule has 0 fully saturated rings. The summed E-state index contributed by atoms with van der Waals surface area (Å²) >= 11 is 15.5. The summed E-state index contributed by atoms with van der Waals surface area (Å²) in [6, 6.07) is 12.3. The summed E-state index contributed by atoms with van der Waals surface area (Å²) < 4.78 is 6.53. The number of rotatable bonds is 4. The standard InChI is InChI=1S/C18H11BrCl2N2O2/c19-11-4-8-16(22-10-11)23-17(24)9-6-12-5-7-15(25-12)13-2-1-3-14(20)18(13)21/h1-10H,(H,22,23,24). The lowest BCUT2D eigenvalue weighted by molar-refractivity contribution is -0.111. The van der Waals surface area contributed by atoms with E-state index < -0.39 is 0 Å². The zero-order chi connectivity index (χ0) is 17.8. The van der Waals surface area contributed by atoms with Gasteiger partial charge in [0.1, 0.15) is 17.3 Å². The lowest BCUT2D eigenvalue weighted by Gasteiger charge is -2.02. The van der Waals surface area contributed by atoms with Crippen molar-refractivity contribution >= 4 is 56.9 Å². The maximum atomic E-state index is 11.9. The SMILES string of the molecule is O=C(C=Cc1ccc(-c2cccc(Cl)c2Cl)o1)Nc1ccc(Br)cn1. The number of anilines is 1. The number of carbonyl (C=O) groups is 1. The van der Waals surface area contributed by atoms with Crippen molar-refractivity contribution in [3.8, 4) is 11.3 Å². The third-order valence-corrected chi connectivity index (χ3v) is 4.51. The molecule has 4 nitrogen and oxygen atoms in total. The highest BCUT2D eigenvalue weighted by atomic mass is 79.9. The fraction of sp³-hybridized carbons (Fsp3) is 0. The van der Waals surface area contributed by atoms with Crippen LogP contribution in [0.15, 0.2) is 63.6 Å². The summed E-state index contributed by atoms with van der Waals surface area (Å²) in [7, 11) is 0. The third-order valence-electron chi connectivity index (χ3n) is 3.22. The van der Waals surface area contributed by atoms with E-state index in [1.54, 1.807) is 48.7 Å². The molecule has 1 amide bonds. The van der Waals surface area contributed by atoms with E-state index in [1.165, 1.54) is 6.08 Å². The molecule has 126 valence electrons. The number of carbonyl (C=O) groups excluding carboxylic acids is 1. The number of hydrogen-bond acceptors (Lipinski definition) is 3. The van der Waals surface area contributed by atoms with E-state index in [9.17, 15) is 4.79 Å². The second-order valence-corrected chi connectivity index (χ2v) is 6.69. The normalized spacial score (nSPS) is 11.0. The van der Waals surface area contributed by atoms with E-state index in [1.807, 2.05) is 6.07 Å². The second-order valence-electron chi connectivity index (χ2n) is 4.99. The molecule has 1 N–H and O–H groups in total. The molecule has 7 heteroatoms. The number of halogens is 3. The molecule has 0 radical (unpaired) electrons. The molecule has 0 aliphatic rings. The van der Waals surface area contributed by atoms with Gasteiger partial charge in [-0.15, -0.1) is 0 Å². The van der Waals surface area contributed by atoms with Gasteiger partial charge in [-0.05, 0) is 58.4 Å². The number of benzene rings is 1. The van der Waals surface area contributed by atoms with E-state index in [4.69, 9.17) is 27.6 Å². The average molecular weight is 438 g/mol. The zero-order valence-electron chi connectivity index (χ0n) is 12.7. The lowest BCUT2D eigenvalue weighted by Crippen LogP contribution is -2.08. The molecular weight excluding hydrogens is 427 g/mol. The highest BCUT2D eigenvalue weighted by Crippen LogP contribution is 2.34. The van der Waals surface area contributed by atoms with Crippen LogP contribution in [0.25, 0.3) is 17.4 Å². The molecule has 25 heavy (non-hydrogen) atoms. The molecule has 0 aliphatic heterocycles. The maximum Gasteiger partial charge on any atom is 0.249 e. The van der Waals surface area contributed by atoms with Gasteiger partial charge < -0.3 is 9.73 Å². The number of pyridine rings is 1. The van der Waals surface area contributed by atoms with Crippen LogP contribution in [-0.2, 0) is 4.79 Å². The van der Waals surface area contributed by atoms with Gasteiger partial charge in [-0.3, -0.25) is 4.79 Å². The summed E-state index contributed by atoms with van der Waals surface area (Å²) in [6.45, 7) is 0. The summed E-state index contributed by atoms with van der Waals surface area (Å²) in [5, 5.41) is 3.53. The molecule has 0 saturated heterocycles. The fourth-order valence-corrected chi connectivity index (χ4v) is 2.68. The minimum Gasteiger partial charge on any atom is -0.457 e. The Morgan fingerprint density at radius 1 is 1.16 bits per heavy atom. The predicted molar refractivity (Wildman–Crippen MR) is 104 cm³/mol. The minimum atomic E-state index is -0.312. The van der Waals surface area contributed by atoms with E-state index in [-0.39, 0.29) is 5.91 Å². The van der Waals surface area contributed by atoms with Gasteiger partial charge in [-0.1, -0.05) is 29.3 Å². The monoisotopic (exact) mass is 436 g/mol. The van der Waals surface area contributed by atoms with Gasteiger partial charge in [0.05, 0.1) is 10.0 Å². The van der Waals surface area contributed by atoms with Gasteiger partial charge in [0, 0.05) is 22.3 Å². The highest BCUT2D eigenvalue weighted by Gasteiger charge is 2.10. The molecule has 0 saturated carbocycles. The third kappa shape index (κ3) is 4.51. The topological polar surface area (TPSA) is 55.1 Å². The van der Waals surface area contributed by atoms with Crippen LogP contribution in [0.2, 0.25) is 10.0 Å². The van der Waals surface area contributed by atoms with Crippen LogP contribution < -0.4 is 5.32 Å². The molecule has 0 unspecified atom stereocenters. The molecule has 1 aromatic carbocycles. The Kier molecular flexibility index (Phi) is 5.58. The zero-order valence-corrected chi connectivity index (χ0v) is 15.8. The number of aromatic nitrogens is 1. The number of furan rings is 1. The van der Waals surface area contributed by atoms with Crippen molar-refractivity contribution in [2.45, 2.75) is 0 Å². The molecular formula is C18H11BrCl2N2O2. The Morgan fingerprint density at radius 2 is 2.00 bits per heavy atom. The van der Waals surface area contributed by atoms with E-state index in [0.717, 1.165) is 4.47 Å². The van der Waals surface area contributed by atoms with Crippen molar-refractivity contribution < 1.29 is 9.21 Å². The molecule has 3 rings (SSSR count). The molecule has 2 heterocycles. The smallest absolute Gasteiger partial charge is 0.249 e. The van der Waals surface area contributed by atoms with Gasteiger partial charge in [0.15, 0.2) is 0 Å². The fourth-order valence-electron chi connectivity index (χ4n) is 2.06. The molecule has 3 aromatic rings. The summed E-state index contributed by atoms with van der Waals surface area (Å²) in [5.74, 6) is 1.24. The first-order valence-electron chi connectivity index (χ1n) is 7.18. The Labute approximate surface area is 162 Å². The van der Waals surface area contributed by atoms with Crippen molar-refractivity contribution in [3.05, 3.63) is 75.0 Å². The van der Waals surface area contributed by atoms with E-state index in [2.05, 4.69) is 26.2 Å². The molecule has 0 aliphatic carbocycles. The quantitative estimate of drug-likeness (QED) is 0.504. The van der Waals surface area contributed by atoms with Gasteiger partial charge in [0.25, 0.3) is 0 Å². The largest absolute Gasteiger partial charge is 0.457 e. The summed E-state index contributed by atoms with van der Waals surface area (Å²) in [5.41, 5.74) is 0.692. The first kappa shape index (κ1) is 17.7. The number of nitrogens with one attached hydrogen (secondary N) is 1. The van der Waals surface area contributed by atoms with Gasteiger partial charge in [0.2, 0.25) is 5.91 Å². The van der Waals surface area contributed by atoms with Crippen molar-refractivity contribution in [2.75, 3.05) is 5.32 Å². The van der Waals surface area contributed by atoms with Crippen molar-refractivity contribution in [2.24, 2.45) is 0 Å².